The van der Waals surface area contributed by atoms with Gasteiger partial charge in [-0.15, -0.1) is 17.7 Å². The van der Waals surface area contributed by atoms with Gasteiger partial charge in [0.2, 0.25) is 0 Å². The second-order valence-electron chi connectivity index (χ2n) is 4.99. The number of ether oxygens (including phenoxy) is 2. The molecule has 2 atom stereocenters. The van der Waals surface area contributed by atoms with Gasteiger partial charge in [-0.3, -0.25) is 4.55 Å². The maximum Gasteiger partial charge on any atom is 1.00 e. The topological polar surface area (TPSA) is 72.8 Å². The molecule has 1 aromatic rings. The molecule has 1 aromatic carbocycles. The van der Waals surface area contributed by atoms with E-state index >= 15 is 0 Å². The molecule has 1 fully saturated rings. The second kappa shape index (κ2) is 10.3. The van der Waals surface area contributed by atoms with E-state index < -0.39 is 10.1 Å². The van der Waals surface area contributed by atoms with Crippen LogP contribution in [0.5, 0.6) is 5.75 Å². The minimum atomic E-state index is -3.85. The van der Waals surface area contributed by atoms with Crippen LogP contribution in [0.4, 0.5) is 0 Å². The van der Waals surface area contributed by atoms with Crippen LogP contribution in [0, 0.1) is 12.5 Å². The van der Waals surface area contributed by atoms with Crippen LogP contribution in [0.2, 0.25) is 0 Å². The molecular weight excluding hydrogens is 445 g/mol. The maximum absolute atomic E-state index is 10.6. The van der Waals surface area contributed by atoms with Crippen molar-refractivity contribution >= 4 is 21.9 Å². The van der Waals surface area contributed by atoms with Crippen LogP contribution >= 0.6 is 11.8 Å². The fraction of sp³-hybridized carbons (Fsp3) is 0.500. The van der Waals surface area contributed by atoms with E-state index in [1.165, 1.54) is 0 Å². The molecule has 0 saturated carbocycles. The Labute approximate surface area is 195 Å². The molecule has 1 aliphatic heterocycles. The van der Waals surface area contributed by atoms with Gasteiger partial charge in [-0.1, -0.05) is 6.92 Å². The summed E-state index contributed by atoms with van der Waals surface area (Å²) >= 11 is 1.54. The van der Waals surface area contributed by atoms with Crippen molar-refractivity contribution in [3.8, 4) is 5.75 Å². The molecule has 0 amide bonds. The summed E-state index contributed by atoms with van der Waals surface area (Å²) in [6, 6.07) is 7.60. The maximum atomic E-state index is 10.6. The smallest absolute Gasteiger partial charge is 0.520 e. The molecule has 1 unspecified atom stereocenters. The molecule has 1 N–H and O–H groups in total. The Hall–Kier alpha value is 1.29. The van der Waals surface area contributed by atoms with E-state index in [4.69, 9.17) is 14.0 Å². The first-order valence-corrected chi connectivity index (χ1v) is 9.35. The van der Waals surface area contributed by atoms with Crippen LogP contribution in [-0.4, -0.2) is 30.8 Å². The van der Waals surface area contributed by atoms with Crippen molar-refractivity contribution < 1.29 is 91.3 Å². The normalized spacial score (nSPS) is 21.4. The van der Waals surface area contributed by atoms with E-state index in [0.717, 1.165) is 17.1 Å². The fourth-order valence-corrected chi connectivity index (χ4v) is 3.45. The monoisotopic (exact) mass is 464 g/mol. The van der Waals surface area contributed by atoms with Crippen LogP contribution in [0.25, 0.3) is 0 Å². The van der Waals surface area contributed by atoms with E-state index in [-0.39, 0.29) is 80.9 Å². The predicted molar refractivity (Wildman–Crippen MR) is 81.8 cm³/mol. The fourth-order valence-electron chi connectivity index (χ4n) is 1.91. The summed E-state index contributed by atoms with van der Waals surface area (Å²) in [5.41, 5.74) is 0. The Balaban J connectivity index is 0.00000242. The average Bonchev–Trinajstić information content (AvgIpc) is 2.81. The van der Waals surface area contributed by atoms with Crippen molar-refractivity contribution in [2.45, 2.75) is 31.0 Å². The van der Waals surface area contributed by atoms with Gasteiger partial charge in [0.15, 0.2) is 6.29 Å². The van der Waals surface area contributed by atoms with Gasteiger partial charge in [-0.2, -0.15) is 8.42 Å². The zero-order chi connectivity index (χ0) is 15.3. The molecule has 1 heterocycles. The molecule has 118 valence electrons. The van der Waals surface area contributed by atoms with Crippen molar-refractivity contribution in [1.82, 2.24) is 0 Å². The Bertz CT molecular complexity index is 547. The van der Waals surface area contributed by atoms with Crippen molar-refractivity contribution in [3.05, 3.63) is 30.9 Å². The quantitative estimate of drug-likeness (QED) is 0.265. The summed E-state index contributed by atoms with van der Waals surface area (Å²) in [5, 5.41) is 0. The van der Waals surface area contributed by atoms with Gasteiger partial charge in [0.1, 0.15) is 5.75 Å². The Kier molecular flexibility index (Phi) is 10.0. The standard InChI is InChI=1S/C14H19O5S2.Cs/c1-11-9-14(18-10-11)19-12-3-5-13(6-4-12)20-7-2-8-21(15,16)17;/h3-6,10-11,14H,2,7-9H2,1H3,(H,15,16,17);/q-1;+1/t11-,14?;/m1./s1. The van der Waals surface area contributed by atoms with E-state index in [0.29, 0.717) is 18.1 Å². The van der Waals surface area contributed by atoms with Crippen molar-refractivity contribution in [2.75, 3.05) is 11.5 Å². The molecule has 1 saturated heterocycles. The largest absolute Gasteiger partial charge is 1.00 e. The van der Waals surface area contributed by atoms with Gasteiger partial charge in [0, 0.05) is 4.90 Å². The SMILES string of the molecule is C[C@H]1[CH-]OC(Oc2ccc(SCCCS(=O)(=O)O)cc2)C1.[Cs+]. The van der Waals surface area contributed by atoms with Gasteiger partial charge in [-0.05, 0) is 42.9 Å². The van der Waals surface area contributed by atoms with Crippen molar-refractivity contribution in [3.63, 3.8) is 0 Å². The summed E-state index contributed by atoms with van der Waals surface area (Å²) in [6.45, 7) is 3.87. The average molecular weight is 464 g/mol. The third kappa shape index (κ3) is 8.41. The summed E-state index contributed by atoms with van der Waals surface area (Å²) in [5.74, 6) is 1.60. The molecule has 0 aliphatic carbocycles. The van der Waals surface area contributed by atoms with Gasteiger partial charge < -0.3 is 9.47 Å². The number of rotatable bonds is 7. The summed E-state index contributed by atoms with van der Waals surface area (Å²) in [7, 11) is -3.85. The predicted octanol–water partition coefficient (Wildman–Crippen LogP) is -0.0163. The van der Waals surface area contributed by atoms with Crippen LogP contribution < -0.4 is 73.6 Å². The Morgan fingerprint density at radius 3 is 2.64 bits per heavy atom. The molecule has 1 aliphatic rings. The summed E-state index contributed by atoms with van der Waals surface area (Å²) in [4.78, 5) is 1.03. The van der Waals surface area contributed by atoms with Gasteiger partial charge >= 0.3 is 68.9 Å². The molecule has 0 radical (unpaired) electrons. The zero-order valence-corrected chi connectivity index (χ0v) is 20.7. The molecule has 22 heavy (non-hydrogen) atoms. The van der Waals surface area contributed by atoms with E-state index in [9.17, 15) is 8.42 Å². The molecule has 5 nitrogen and oxygen atoms in total. The summed E-state index contributed by atoms with van der Waals surface area (Å²) < 4.78 is 40.9. The minimum Gasteiger partial charge on any atom is -0.520 e. The minimum absolute atomic E-state index is 0. The molecular formula is C14H19CsO5S2. The van der Waals surface area contributed by atoms with Gasteiger partial charge in [0.25, 0.3) is 10.1 Å². The van der Waals surface area contributed by atoms with Gasteiger partial charge in [0.05, 0.1) is 5.75 Å². The molecule has 8 heteroatoms. The van der Waals surface area contributed by atoms with Crippen molar-refractivity contribution in [2.24, 2.45) is 5.92 Å². The van der Waals surface area contributed by atoms with Crippen LogP contribution in [0.1, 0.15) is 19.8 Å². The molecule has 0 aromatic heterocycles. The number of hydrogen-bond donors (Lipinski definition) is 1. The van der Waals surface area contributed by atoms with Crippen molar-refractivity contribution in [1.29, 1.82) is 0 Å². The van der Waals surface area contributed by atoms with Crippen LogP contribution in [-0.2, 0) is 14.9 Å². The Morgan fingerprint density at radius 2 is 2.09 bits per heavy atom. The van der Waals surface area contributed by atoms with E-state index in [2.05, 4.69) is 6.92 Å². The number of benzene rings is 1. The Morgan fingerprint density at radius 1 is 1.41 bits per heavy atom. The van der Waals surface area contributed by atoms with Crippen LogP contribution in [0.3, 0.4) is 0 Å². The van der Waals surface area contributed by atoms with Gasteiger partial charge in [-0.25, -0.2) is 6.61 Å². The first-order valence-electron chi connectivity index (χ1n) is 6.76. The second-order valence-corrected chi connectivity index (χ2v) is 7.73. The van der Waals surface area contributed by atoms with Crippen LogP contribution in [0.15, 0.2) is 29.2 Å². The third-order valence-corrected chi connectivity index (χ3v) is 4.84. The first-order chi connectivity index (χ1) is 9.92. The first kappa shape index (κ1) is 21.3. The molecule has 0 spiro atoms. The van der Waals surface area contributed by atoms with E-state index in [1.54, 1.807) is 18.4 Å². The number of thioether (sulfide) groups is 1. The summed E-state index contributed by atoms with van der Waals surface area (Å²) in [6.07, 6.45) is 1.06. The zero-order valence-electron chi connectivity index (χ0n) is 12.8. The van der Waals surface area contributed by atoms with E-state index in [1.807, 2.05) is 24.3 Å². The number of hydrogen-bond acceptors (Lipinski definition) is 5. The molecule has 2 rings (SSSR count). The molecule has 0 bridgehead atoms. The third-order valence-electron chi connectivity index (χ3n) is 2.93.